The van der Waals surface area contributed by atoms with E-state index in [4.69, 9.17) is 16.6 Å². The summed E-state index contributed by atoms with van der Waals surface area (Å²) in [5.74, 6) is -5.11. The number of carboxylic acid groups (broad SMARTS) is 1. The quantitative estimate of drug-likeness (QED) is 0.267. The summed E-state index contributed by atoms with van der Waals surface area (Å²) >= 11 is 0. The molecule has 0 aromatic carbocycles. The van der Waals surface area contributed by atoms with Crippen LogP contribution in [0.2, 0.25) is 0 Å². The number of Topliss-reactive ketones (excluding diaryl/α,β-unsaturated/α-hetero) is 1. The number of carboxylic acids is 1. The number of carbonyl (C=O) groups excluding carboxylic acids is 4. The van der Waals surface area contributed by atoms with Crippen LogP contribution in [0.4, 0.5) is 4.39 Å². The number of hydrogen-bond donors (Lipinski definition) is 5. The van der Waals surface area contributed by atoms with Gasteiger partial charge in [-0.25, -0.2) is 4.39 Å². The standard InChI is InChI=1S/C15H25FN4O6/c1-7(2)13(20-14(25)8(17)3-4-11(18)22)15(26)19-9(5-12(23)24)10(21)6-16/h7-9,13H,3-6,17H2,1-2H3,(H2,18,22)(H,19,26)(H,20,25)(H,23,24)/t8-,9-,13-/m0/s1. The predicted octanol–water partition coefficient (Wildman–Crippen LogP) is -1.78. The number of ketones is 1. The summed E-state index contributed by atoms with van der Waals surface area (Å²) in [6.45, 7) is 1.76. The van der Waals surface area contributed by atoms with Crippen LogP contribution in [-0.2, 0) is 24.0 Å². The van der Waals surface area contributed by atoms with Crippen molar-refractivity contribution in [3.63, 3.8) is 0 Å². The van der Waals surface area contributed by atoms with Crippen LogP contribution >= 0.6 is 0 Å². The molecule has 0 aliphatic heterocycles. The molecule has 10 nitrogen and oxygen atoms in total. The van der Waals surface area contributed by atoms with Crippen molar-refractivity contribution in [1.82, 2.24) is 10.6 Å². The van der Waals surface area contributed by atoms with Crippen molar-refractivity contribution in [2.45, 2.75) is 51.2 Å². The second-order valence-corrected chi connectivity index (χ2v) is 6.10. The van der Waals surface area contributed by atoms with Crippen LogP contribution in [0.3, 0.4) is 0 Å². The minimum Gasteiger partial charge on any atom is -0.481 e. The fraction of sp³-hybridized carbons (Fsp3) is 0.667. The van der Waals surface area contributed by atoms with Gasteiger partial charge in [-0.1, -0.05) is 13.8 Å². The first-order valence-corrected chi connectivity index (χ1v) is 7.94. The molecule has 7 N–H and O–H groups in total. The zero-order chi connectivity index (χ0) is 20.4. The van der Waals surface area contributed by atoms with E-state index in [1.165, 1.54) is 0 Å². The van der Waals surface area contributed by atoms with Crippen molar-refractivity contribution in [3.8, 4) is 0 Å². The Bertz CT molecular complexity index is 554. The first kappa shape index (κ1) is 23.4. The third kappa shape index (κ3) is 8.51. The van der Waals surface area contributed by atoms with Crippen molar-refractivity contribution in [2.75, 3.05) is 6.67 Å². The lowest BCUT2D eigenvalue weighted by Crippen LogP contribution is -2.56. The number of alkyl halides is 1. The van der Waals surface area contributed by atoms with E-state index in [1.54, 1.807) is 13.8 Å². The average molecular weight is 376 g/mol. The highest BCUT2D eigenvalue weighted by molar-refractivity contribution is 5.95. The summed E-state index contributed by atoms with van der Waals surface area (Å²) in [6, 6.07) is -3.77. The first-order valence-electron chi connectivity index (χ1n) is 7.94. The molecule has 0 fully saturated rings. The Kier molecular flexibility index (Phi) is 10.0. The largest absolute Gasteiger partial charge is 0.481 e. The Morgan fingerprint density at radius 2 is 1.65 bits per heavy atom. The van der Waals surface area contributed by atoms with Crippen LogP contribution in [0.25, 0.3) is 0 Å². The molecule has 0 unspecified atom stereocenters. The molecule has 0 saturated heterocycles. The number of carbonyl (C=O) groups is 5. The van der Waals surface area contributed by atoms with Crippen LogP contribution in [0.1, 0.15) is 33.1 Å². The number of hydrogen-bond acceptors (Lipinski definition) is 6. The highest BCUT2D eigenvalue weighted by Crippen LogP contribution is 2.06. The molecule has 26 heavy (non-hydrogen) atoms. The Balaban J connectivity index is 5.03. The van der Waals surface area contributed by atoms with Gasteiger partial charge in [-0.15, -0.1) is 0 Å². The van der Waals surface area contributed by atoms with Gasteiger partial charge in [-0.3, -0.25) is 24.0 Å². The first-order chi connectivity index (χ1) is 12.0. The lowest BCUT2D eigenvalue weighted by Gasteiger charge is -2.25. The fourth-order valence-corrected chi connectivity index (χ4v) is 2.00. The van der Waals surface area contributed by atoms with E-state index in [1.807, 2.05) is 0 Å². The van der Waals surface area contributed by atoms with Crippen LogP contribution in [0.15, 0.2) is 0 Å². The molecule has 0 saturated carbocycles. The lowest BCUT2D eigenvalue weighted by atomic mass is 10.0. The number of nitrogens with two attached hydrogens (primary N) is 2. The second kappa shape index (κ2) is 11.1. The molecule has 11 heteroatoms. The lowest BCUT2D eigenvalue weighted by molar-refractivity contribution is -0.141. The van der Waals surface area contributed by atoms with Gasteiger partial charge in [-0.2, -0.15) is 0 Å². The number of halogens is 1. The molecule has 0 heterocycles. The monoisotopic (exact) mass is 376 g/mol. The van der Waals surface area contributed by atoms with Gasteiger partial charge in [0.1, 0.15) is 18.8 Å². The average Bonchev–Trinajstić information content (AvgIpc) is 2.54. The normalized spacial score (nSPS) is 14.2. The molecule has 0 bridgehead atoms. The molecule has 0 aromatic heterocycles. The van der Waals surface area contributed by atoms with Crippen molar-refractivity contribution in [1.29, 1.82) is 0 Å². The molecule has 0 spiro atoms. The maximum atomic E-state index is 12.5. The van der Waals surface area contributed by atoms with E-state index < -0.39 is 66.6 Å². The molecule has 0 aromatic rings. The van der Waals surface area contributed by atoms with Crippen LogP contribution in [0.5, 0.6) is 0 Å². The Labute approximate surface area is 149 Å². The molecule has 0 radical (unpaired) electrons. The third-order valence-corrected chi connectivity index (χ3v) is 3.50. The molecule has 0 rings (SSSR count). The topological polar surface area (TPSA) is 182 Å². The van der Waals surface area contributed by atoms with Gasteiger partial charge in [0, 0.05) is 6.42 Å². The number of amides is 3. The van der Waals surface area contributed by atoms with Crippen LogP contribution in [-0.4, -0.2) is 59.4 Å². The van der Waals surface area contributed by atoms with Crippen LogP contribution in [0, 0.1) is 5.92 Å². The molecular formula is C15H25FN4O6. The Hall–Kier alpha value is -2.56. The minimum absolute atomic E-state index is 0.0183. The number of nitrogens with one attached hydrogen (secondary N) is 2. The summed E-state index contributed by atoms with van der Waals surface area (Å²) < 4.78 is 12.5. The fourth-order valence-electron chi connectivity index (χ4n) is 2.00. The van der Waals surface area contributed by atoms with E-state index in [0.717, 1.165) is 0 Å². The SMILES string of the molecule is CC(C)[C@H](NC(=O)[C@@H](N)CCC(N)=O)C(=O)N[C@@H](CC(=O)O)C(=O)CF. The summed E-state index contributed by atoms with van der Waals surface area (Å²) in [4.78, 5) is 57.3. The van der Waals surface area contributed by atoms with E-state index in [0.29, 0.717) is 0 Å². The van der Waals surface area contributed by atoms with Crippen molar-refractivity contribution in [2.24, 2.45) is 17.4 Å². The van der Waals surface area contributed by atoms with Gasteiger partial charge in [0.2, 0.25) is 17.7 Å². The summed E-state index contributed by atoms with van der Waals surface area (Å²) in [5.41, 5.74) is 10.6. The van der Waals surface area contributed by atoms with Crippen LogP contribution < -0.4 is 22.1 Å². The van der Waals surface area contributed by atoms with Gasteiger partial charge >= 0.3 is 5.97 Å². The molecule has 0 aliphatic carbocycles. The van der Waals surface area contributed by atoms with Gasteiger partial charge in [-0.05, 0) is 12.3 Å². The molecule has 3 amide bonds. The van der Waals surface area contributed by atoms with Crippen molar-refractivity contribution >= 4 is 29.5 Å². The maximum absolute atomic E-state index is 12.5. The zero-order valence-corrected chi connectivity index (χ0v) is 14.7. The van der Waals surface area contributed by atoms with Gasteiger partial charge in [0.25, 0.3) is 0 Å². The van der Waals surface area contributed by atoms with E-state index in [-0.39, 0.29) is 12.8 Å². The highest BCUT2D eigenvalue weighted by Gasteiger charge is 2.30. The highest BCUT2D eigenvalue weighted by atomic mass is 19.1. The summed E-state index contributed by atoms with van der Waals surface area (Å²) in [5, 5.41) is 13.3. The van der Waals surface area contributed by atoms with E-state index >= 15 is 0 Å². The molecule has 3 atom stereocenters. The number of primary amides is 1. The van der Waals surface area contributed by atoms with Gasteiger partial charge in [0.15, 0.2) is 5.78 Å². The maximum Gasteiger partial charge on any atom is 0.305 e. The van der Waals surface area contributed by atoms with E-state index in [2.05, 4.69) is 10.6 Å². The smallest absolute Gasteiger partial charge is 0.305 e. The summed E-state index contributed by atoms with van der Waals surface area (Å²) in [7, 11) is 0. The Morgan fingerprint density at radius 3 is 2.08 bits per heavy atom. The van der Waals surface area contributed by atoms with Crippen molar-refractivity contribution < 1.29 is 33.5 Å². The van der Waals surface area contributed by atoms with Gasteiger partial charge < -0.3 is 27.2 Å². The molecule has 148 valence electrons. The second-order valence-electron chi connectivity index (χ2n) is 6.10. The minimum atomic E-state index is -1.55. The Morgan fingerprint density at radius 1 is 1.08 bits per heavy atom. The predicted molar refractivity (Wildman–Crippen MR) is 88.3 cm³/mol. The number of rotatable bonds is 12. The number of aliphatic carboxylic acids is 1. The third-order valence-electron chi connectivity index (χ3n) is 3.50. The molecule has 0 aliphatic rings. The molecular weight excluding hydrogens is 351 g/mol. The zero-order valence-electron chi connectivity index (χ0n) is 14.7. The van der Waals surface area contributed by atoms with E-state index in [9.17, 15) is 28.4 Å². The van der Waals surface area contributed by atoms with Crippen molar-refractivity contribution in [3.05, 3.63) is 0 Å². The summed E-state index contributed by atoms with van der Waals surface area (Å²) in [6.07, 6.45) is -0.917. The van der Waals surface area contributed by atoms with Gasteiger partial charge in [0.05, 0.1) is 12.5 Å².